The quantitative estimate of drug-likeness (QED) is 0.630. The second-order valence-electron chi connectivity index (χ2n) is 7.47. The van der Waals surface area contributed by atoms with E-state index in [9.17, 15) is 18.0 Å². The Bertz CT molecular complexity index is 1040. The number of benzene rings is 2. The number of nitrogens with zero attached hydrogens (tertiary/aromatic N) is 1. The number of amides is 2. The van der Waals surface area contributed by atoms with Crippen LogP contribution in [0.5, 0.6) is 5.75 Å². The topological polar surface area (TPSA) is 105 Å². The first-order valence-corrected chi connectivity index (χ1v) is 11.5. The molecule has 1 aliphatic rings. The van der Waals surface area contributed by atoms with Crippen molar-refractivity contribution in [1.29, 1.82) is 0 Å². The van der Waals surface area contributed by atoms with Crippen molar-refractivity contribution in [1.82, 2.24) is 14.9 Å². The number of ether oxygens (including phenoxy) is 1. The van der Waals surface area contributed by atoms with Crippen LogP contribution in [0, 0.1) is 6.92 Å². The van der Waals surface area contributed by atoms with E-state index in [1.807, 2.05) is 13.0 Å². The minimum Gasteiger partial charge on any atom is -0.497 e. The van der Waals surface area contributed by atoms with Gasteiger partial charge in [-0.1, -0.05) is 29.8 Å². The molecule has 0 aromatic heterocycles. The van der Waals surface area contributed by atoms with Crippen LogP contribution in [0.4, 0.5) is 0 Å². The first-order chi connectivity index (χ1) is 14.8. The van der Waals surface area contributed by atoms with Gasteiger partial charge in [-0.15, -0.1) is 0 Å². The van der Waals surface area contributed by atoms with Gasteiger partial charge >= 0.3 is 11.8 Å². The van der Waals surface area contributed by atoms with Crippen LogP contribution in [-0.2, 0) is 26.2 Å². The fourth-order valence-electron chi connectivity index (χ4n) is 3.51. The van der Waals surface area contributed by atoms with Crippen LogP contribution in [0.3, 0.4) is 0 Å². The summed E-state index contributed by atoms with van der Waals surface area (Å²) in [5.41, 5.74) is 1.77. The highest BCUT2D eigenvalue weighted by Crippen LogP contribution is 2.26. The molecule has 166 valence electrons. The molecule has 1 atom stereocenters. The summed E-state index contributed by atoms with van der Waals surface area (Å²) in [4.78, 5) is 24.5. The Hall–Kier alpha value is -2.91. The molecule has 0 aliphatic carbocycles. The summed E-state index contributed by atoms with van der Waals surface area (Å²) < 4.78 is 32.5. The molecule has 3 rings (SSSR count). The molecule has 0 unspecified atom stereocenters. The number of sulfonamides is 1. The Morgan fingerprint density at radius 2 is 1.81 bits per heavy atom. The third kappa shape index (κ3) is 5.62. The lowest BCUT2D eigenvalue weighted by Gasteiger charge is -2.24. The van der Waals surface area contributed by atoms with Crippen LogP contribution in [-0.4, -0.2) is 50.8 Å². The number of carbonyl (C=O) groups excluding carboxylic acids is 2. The first-order valence-electron chi connectivity index (χ1n) is 10.1. The monoisotopic (exact) mass is 445 g/mol. The number of hydrogen-bond donors (Lipinski definition) is 2. The number of nitrogens with one attached hydrogen (secondary N) is 2. The Balaban J connectivity index is 1.54. The predicted octanol–water partition coefficient (Wildman–Crippen LogP) is 1.59. The van der Waals surface area contributed by atoms with Gasteiger partial charge < -0.3 is 15.4 Å². The van der Waals surface area contributed by atoms with Crippen molar-refractivity contribution in [2.45, 2.75) is 37.2 Å². The molecule has 8 nitrogen and oxygen atoms in total. The molecule has 0 spiro atoms. The molecule has 2 amide bonds. The molecular formula is C22H27N3O5S. The maximum atomic E-state index is 13.0. The summed E-state index contributed by atoms with van der Waals surface area (Å²) in [6, 6.07) is 13.5. The Kier molecular flexibility index (Phi) is 7.29. The molecule has 0 bridgehead atoms. The lowest BCUT2D eigenvalue weighted by Crippen LogP contribution is -2.46. The smallest absolute Gasteiger partial charge is 0.309 e. The first kappa shape index (κ1) is 22.8. The van der Waals surface area contributed by atoms with Gasteiger partial charge in [-0.2, -0.15) is 4.31 Å². The van der Waals surface area contributed by atoms with Crippen LogP contribution in [0.15, 0.2) is 53.4 Å². The van der Waals surface area contributed by atoms with E-state index in [4.69, 9.17) is 4.74 Å². The minimum absolute atomic E-state index is 0.0799. The van der Waals surface area contributed by atoms with Gasteiger partial charge in [0.15, 0.2) is 0 Å². The van der Waals surface area contributed by atoms with E-state index in [1.165, 1.54) is 4.31 Å². The summed E-state index contributed by atoms with van der Waals surface area (Å²) in [6.07, 6.45) is 1.32. The molecule has 2 N–H and O–H groups in total. The fourth-order valence-corrected chi connectivity index (χ4v) is 5.20. The van der Waals surface area contributed by atoms with Crippen LogP contribution in [0.25, 0.3) is 0 Å². The highest BCUT2D eigenvalue weighted by atomic mass is 32.2. The maximum Gasteiger partial charge on any atom is 0.309 e. The van der Waals surface area contributed by atoms with Crippen molar-refractivity contribution in [3.63, 3.8) is 0 Å². The zero-order chi connectivity index (χ0) is 22.4. The molecular weight excluding hydrogens is 418 g/mol. The number of methoxy groups -OCH3 is 1. The Morgan fingerprint density at radius 1 is 1.10 bits per heavy atom. The third-order valence-electron chi connectivity index (χ3n) is 5.24. The second-order valence-corrected chi connectivity index (χ2v) is 9.36. The van der Waals surface area contributed by atoms with Crippen molar-refractivity contribution in [3.8, 4) is 5.75 Å². The molecule has 9 heteroatoms. The van der Waals surface area contributed by atoms with Gasteiger partial charge in [-0.3, -0.25) is 9.59 Å². The standard InChI is InChI=1S/C22H27N3O5S/c1-16-8-10-20(11-9-16)31(28,29)25-12-4-6-18(25)15-24-22(27)21(26)23-14-17-5-3-7-19(13-17)30-2/h3,5,7-11,13,18H,4,6,12,14-15H2,1-2H3,(H,23,26)(H,24,27)/t18-/m1/s1. The molecule has 0 radical (unpaired) electrons. The summed E-state index contributed by atoms with van der Waals surface area (Å²) in [5, 5.41) is 5.12. The number of carbonyl (C=O) groups is 2. The molecule has 1 fully saturated rings. The van der Waals surface area contributed by atoms with Crippen molar-refractivity contribution in [3.05, 3.63) is 59.7 Å². The van der Waals surface area contributed by atoms with Gasteiger partial charge in [0.05, 0.1) is 12.0 Å². The van der Waals surface area contributed by atoms with Crippen molar-refractivity contribution >= 4 is 21.8 Å². The summed E-state index contributed by atoms with van der Waals surface area (Å²) in [6.45, 7) is 2.54. The van der Waals surface area contributed by atoms with Crippen molar-refractivity contribution < 1.29 is 22.7 Å². The lowest BCUT2D eigenvalue weighted by molar-refractivity contribution is -0.139. The highest BCUT2D eigenvalue weighted by Gasteiger charge is 2.35. The van der Waals surface area contributed by atoms with Gasteiger partial charge in [-0.25, -0.2) is 8.42 Å². The van der Waals surface area contributed by atoms with E-state index >= 15 is 0 Å². The molecule has 1 saturated heterocycles. The summed E-state index contributed by atoms with van der Waals surface area (Å²) in [7, 11) is -2.10. The summed E-state index contributed by atoms with van der Waals surface area (Å²) >= 11 is 0. The number of rotatable bonds is 7. The molecule has 31 heavy (non-hydrogen) atoms. The van der Waals surface area contributed by atoms with E-state index in [-0.39, 0.29) is 24.0 Å². The van der Waals surface area contributed by atoms with Gasteiger partial charge in [-0.05, 0) is 49.6 Å². The molecule has 1 aliphatic heterocycles. The van der Waals surface area contributed by atoms with Crippen molar-refractivity contribution in [2.24, 2.45) is 0 Å². The van der Waals surface area contributed by atoms with Crippen LogP contribution >= 0.6 is 0 Å². The SMILES string of the molecule is COc1cccc(CNC(=O)C(=O)NC[C@H]2CCCN2S(=O)(=O)c2ccc(C)cc2)c1. The lowest BCUT2D eigenvalue weighted by atomic mass is 10.2. The van der Waals surface area contributed by atoms with Gasteiger partial charge in [0, 0.05) is 25.7 Å². The van der Waals surface area contributed by atoms with Crippen LogP contribution < -0.4 is 15.4 Å². The average molecular weight is 446 g/mol. The van der Waals surface area contributed by atoms with Gasteiger partial charge in [0.1, 0.15) is 5.75 Å². The molecule has 0 saturated carbocycles. The zero-order valence-corrected chi connectivity index (χ0v) is 18.4. The van der Waals surface area contributed by atoms with E-state index in [2.05, 4.69) is 10.6 Å². The second kappa shape index (κ2) is 9.93. The van der Waals surface area contributed by atoms with Crippen LogP contribution in [0.2, 0.25) is 0 Å². The fraction of sp³-hybridized carbons (Fsp3) is 0.364. The molecule has 2 aromatic rings. The maximum absolute atomic E-state index is 13.0. The van der Waals surface area contributed by atoms with E-state index in [0.717, 1.165) is 11.1 Å². The molecule has 1 heterocycles. The largest absolute Gasteiger partial charge is 0.497 e. The molecule has 2 aromatic carbocycles. The predicted molar refractivity (Wildman–Crippen MR) is 116 cm³/mol. The van der Waals surface area contributed by atoms with E-state index < -0.39 is 21.8 Å². The zero-order valence-electron chi connectivity index (χ0n) is 17.6. The normalized spacial score (nSPS) is 16.6. The highest BCUT2D eigenvalue weighted by molar-refractivity contribution is 7.89. The number of aryl methyl sites for hydroxylation is 1. The Labute approximate surface area is 182 Å². The minimum atomic E-state index is -3.66. The van der Waals surface area contributed by atoms with Crippen molar-refractivity contribution in [2.75, 3.05) is 20.2 Å². The average Bonchev–Trinajstić information content (AvgIpc) is 3.26. The summed E-state index contributed by atoms with van der Waals surface area (Å²) in [5.74, 6) is -0.899. The van der Waals surface area contributed by atoms with E-state index in [1.54, 1.807) is 49.6 Å². The Morgan fingerprint density at radius 3 is 2.52 bits per heavy atom. The van der Waals surface area contributed by atoms with Gasteiger partial charge in [0.25, 0.3) is 0 Å². The van der Waals surface area contributed by atoms with Gasteiger partial charge in [0.2, 0.25) is 10.0 Å². The third-order valence-corrected chi connectivity index (χ3v) is 7.21. The van der Waals surface area contributed by atoms with E-state index in [0.29, 0.717) is 25.1 Å². The van der Waals surface area contributed by atoms with Crippen LogP contribution in [0.1, 0.15) is 24.0 Å². The number of hydrogen-bond acceptors (Lipinski definition) is 5.